The topological polar surface area (TPSA) is 61.2 Å². The standard InChI is InChI=1S/C19H20N4O2S/c1-3-25-16-6-4-5-14(11-16)18-20-21-19-23(18)22-17(12-26-19)13-7-9-15(24-2)10-8-13/h4-11,17,22H,3,12H2,1-2H3. The van der Waals surface area contributed by atoms with Crippen LogP contribution in [0, 0.1) is 0 Å². The summed E-state index contributed by atoms with van der Waals surface area (Å²) in [6.45, 7) is 2.61. The summed E-state index contributed by atoms with van der Waals surface area (Å²) in [5.41, 5.74) is 5.71. The summed E-state index contributed by atoms with van der Waals surface area (Å²) >= 11 is 1.70. The highest BCUT2D eigenvalue weighted by atomic mass is 32.2. The molecule has 7 heteroatoms. The lowest BCUT2D eigenvalue weighted by Crippen LogP contribution is -2.28. The lowest BCUT2D eigenvalue weighted by molar-refractivity contribution is 0.340. The zero-order valence-corrected chi connectivity index (χ0v) is 15.5. The van der Waals surface area contributed by atoms with E-state index < -0.39 is 0 Å². The van der Waals surface area contributed by atoms with E-state index in [-0.39, 0.29) is 6.04 Å². The molecule has 2 aromatic carbocycles. The molecule has 0 spiro atoms. The van der Waals surface area contributed by atoms with Gasteiger partial charge >= 0.3 is 0 Å². The molecular weight excluding hydrogens is 348 g/mol. The molecule has 134 valence electrons. The largest absolute Gasteiger partial charge is 0.497 e. The zero-order valence-electron chi connectivity index (χ0n) is 14.7. The second-order valence-corrected chi connectivity index (χ2v) is 6.86. The normalized spacial score (nSPS) is 15.8. The van der Waals surface area contributed by atoms with Crippen molar-refractivity contribution < 1.29 is 9.47 Å². The predicted octanol–water partition coefficient (Wildman–Crippen LogP) is 3.74. The monoisotopic (exact) mass is 368 g/mol. The molecule has 1 aromatic heterocycles. The van der Waals surface area contributed by atoms with E-state index >= 15 is 0 Å². The highest BCUT2D eigenvalue weighted by Gasteiger charge is 2.24. The maximum atomic E-state index is 5.61. The van der Waals surface area contributed by atoms with Gasteiger partial charge in [-0.25, -0.2) is 4.68 Å². The quantitative estimate of drug-likeness (QED) is 0.740. The predicted molar refractivity (Wildman–Crippen MR) is 102 cm³/mol. The van der Waals surface area contributed by atoms with Crippen molar-refractivity contribution in [3.05, 3.63) is 54.1 Å². The van der Waals surface area contributed by atoms with Gasteiger partial charge in [-0.05, 0) is 36.8 Å². The van der Waals surface area contributed by atoms with E-state index in [2.05, 4.69) is 27.8 Å². The first-order valence-corrected chi connectivity index (χ1v) is 9.49. The number of benzene rings is 2. The van der Waals surface area contributed by atoms with Crippen molar-refractivity contribution in [3.8, 4) is 22.9 Å². The summed E-state index contributed by atoms with van der Waals surface area (Å²) in [5.74, 6) is 3.36. The number of thioether (sulfide) groups is 1. The molecule has 0 saturated heterocycles. The van der Waals surface area contributed by atoms with Crippen molar-refractivity contribution in [2.24, 2.45) is 0 Å². The fourth-order valence-electron chi connectivity index (χ4n) is 2.92. The Morgan fingerprint density at radius 1 is 1.15 bits per heavy atom. The average molecular weight is 368 g/mol. The maximum absolute atomic E-state index is 5.61. The van der Waals surface area contributed by atoms with E-state index in [1.165, 1.54) is 5.56 Å². The molecule has 6 nitrogen and oxygen atoms in total. The molecule has 0 bridgehead atoms. The number of methoxy groups -OCH3 is 1. The van der Waals surface area contributed by atoms with Gasteiger partial charge in [-0.2, -0.15) is 0 Å². The fraction of sp³-hybridized carbons (Fsp3) is 0.263. The smallest absolute Gasteiger partial charge is 0.210 e. The fourth-order valence-corrected chi connectivity index (χ4v) is 3.87. The summed E-state index contributed by atoms with van der Waals surface area (Å²) in [6.07, 6.45) is 0. The van der Waals surface area contributed by atoms with E-state index in [4.69, 9.17) is 9.47 Å². The van der Waals surface area contributed by atoms with Crippen molar-refractivity contribution in [2.75, 3.05) is 24.9 Å². The number of rotatable bonds is 5. The molecule has 1 aliphatic rings. The first-order valence-electron chi connectivity index (χ1n) is 8.50. The number of fused-ring (bicyclic) bond motifs is 1. The maximum Gasteiger partial charge on any atom is 0.210 e. The third-order valence-corrected chi connectivity index (χ3v) is 5.24. The molecule has 0 amide bonds. The number of hydrogen-bond donors (Lipinski definition) is 1. The minimum Gasteiger partial charge on any atom is -0.497 e. The van der Waals surface area contributed by atoms with Gasteiger partial charge in [0.1, 0.15) is 11.5 Å². The van der Waals surface area contributed by atoms with Crippen molar-refractivity contribution >= 4 is 11.8 Å². The lowest BCUT2D eigenvalue weighted by atomic mass is 10.1. The van der Waals surface area contributed by atoms with Crippen LogP contribution < -0.4 is 14.9 Å². The van der Waals surface area contributed by atoms with Gasteiger partial charge in [-0.3, -0.25) is 0 Å². The Bertz CT molecular complexity index is 895. The highest BCUT2D eigenvalue weighted by Crippen LogP contribution is 2.33. The molecule has 4 rings (SSSR count). The molecule has 1 unspecified atom stereocenters. The number of nitrogens with one attached hydrogen (secondary N) is 1. The summed E-state index contributed by atoms with van der Waals surface area (Å²) in [7, 11) is 1.68. The molecule has 3 aromatic rings. The van der Waals surface area contributed by atoms with Crippen molar-refractivity contribution in [1.29, 1.82) is 0 Å². The van der Waals surface area contributed by atoms with E-state index in [0.717, 1.165) is 33.8 Å². The van der Waals surface area contributed by atoms with Gasteiger partial charge in [-0.1, -0.05) is 36.0 Å². The molecule has 0 radical (unpaired) electrons. The second-order valence-electron chi connectivity index (χ2n) is 5.87. The van der Waals surface area contributed by atoms with E-state index in [1.54, 1.807) is 18.9 Å². The van der Waals surface area contributed by atoms with Gasteiger partial charge in [0.15, 0.2) is 5.82 Å². The molecule has 0 saturated carbocycles. The number of ether oxygens (including phenoxy) is 2. The van der Waals surface area contributed by atoms with Gasteiger partial charge in [0, 0.05) is 11.3 Å². The lowest BCUT2D eigenvalue weighted by Gasteiger charge is -2.26. The Balaban J connectivity index is 1.62. The van der Waals surface area contributed by atoms with Crippen LogP contribution in [0.5, 0.6) is 11.5 Å². The summed E-state index contributed by atoms with van der Waals surface area (Å²) in [6, 6.07) is 16.2. The second kappa shape index (κ2) is 7.29. The van der Waals surface area contributed by atoms with Crippen LogP contribution in [0.2, 0.25) is 0 Å². The summed E-state index contributed by atoms with van der Waals surface area (Å²) < 4.78 is 12.8. The van der Waals surface area contributed by atoms with Crippen molar-refractivity contribution in [2.45, 2.75) is 18.1 Å². The van der Waals surface area contributed by atoms with Gasteiger partial charge in [-0.15, -0.1) is 10.2 Å². The van der Waals surface area contributed by atoms with Crippen LogP contribution in [0.4, 0.5) is 0 Å². The number of aromatic nitrogens is 3. The van der Waals surface area contributed by atoms with Gasteiger partial charge in [0.2, 0.25) is 5.16 Å². The van der Waals surface area contributed by atoms with Crippen LogP contribution in [0.25, 0.3) is 11.4 Å². The minimum atomic E-state index is 0.170. The van der Waals surface area contributed by atoms with Crippen LogP contribution in [0.15, 0.2) is 53.7 Å². The average Bonchev–Trinajstić information content (AvgIpc) is 3.12. The SMILES string of the molecule is CCOc1cccc(-c2nnc3n2NC(c2ccc(OC)cc2)CS3)c1. The molecule has 0 aliphatic carbocycles. The van der Waals surface area contributed by atoms with Crippen LogP contribution in [0.1, 0.15) is 18.5 Å². The van der Waals surface area contributed by atoms with Crippen LogP contribution >= 0.6 is 11.8 Å². The molecule has 1 aliphatic heterocycles. The summed E-state index contributed by atoms with van der Waals surface area (Å²) in [5, 5.41) is 9.56. The van der Waals surface area contributed by atoms with Crippen LogP contribution in [-0.4, -0.2) is 34.3 Å². The van der Waals surface area contributed by atoms with Crippen molar-refractivity contribution in [3.63, 3.8) is 0 Å². The molecule has 26 heavy (non-hydrogen) atoms. The van der Waals surface area contributed by atoms with Gasteiger partial charge in [0.25, 0.3) is 0 Å². The Hall–Kier alpha value is -2.67. The summed E-state index contributed by atoms with van der Waals surface area (Å²) in [4.78, 5) is 0. The first-order chi connectivity index (χ1) is 12.8. The first kappa shape index (κ1) is 16.8. The number of hydrogen-bond acceptors (Lipinski definition) is 6. The Kier molecular flexibility index (Phi) is 4.71. The molecule has 1 atom stereocenters. The van der Waals surface area contributed by atoms with Crippen molar-refractivity contribution in [1.82, 2.24) is 14.9 Å². The molecule has 1 N–H and O–H groups in total. The van der Waals surface area contributed by atoms with E-state index in [9.17, 15) is 0 Å². The third kappa shape index (κ3) is 3.22. The van der Waals surface area contributed by atoms with Gasteiger partial charge < -0.3 is 14.9 Å². The van der Waals surface area contributed by atoms with E-state index in [1.807, 2.05) is 48.0 Å². The highest BCUT2D eigenvalue weighted by molar-refractivity contribution is 7.99. The minimum absolute atomic E-state index is 0.170. The van der Waals surface area contributed by atoms with Crippen LogP contribution in [0.3, 0.4) is 0 Å². The third-order valence-electron chi connectivity index (χ3n) is 4.22. The number of nitrogens with zero attached hydrogens (tertiary/aromatic N) is 3. The zero-order chi connectivity index (χ0) is 17.9. The Morgan fingerprint density at radius 2 is 2.00 bits per heavy atom. The molecular formula is C19H20N4O2S. The molecule has 0 fully saturated rings. The van der Waals surface area contributed by atoms with Crippen LogP contribution in [-0.2, 0) is 0 Å². The molecule has 2 heterocycles. The van der Waals surface area contributed by atoms with Gasteiger partial charge in [0.05, 0.1) is 19.8 Å². The van der Waals surface area contributed by atoms with E-state index in [0.29, 0.717) is 6.61 Å². The Morgan fingerprint density at radius 3 is 2.77 bits per heavy atom. The Labute approximate surface area is 156 Å².